The SMILES string of the molecule is Cn1c(=O)[nH]c(=O)c2[nH]c(-c3ccc4c(c3)CCC4)nc21. The van der Waals surface area contributed by atoms with Gasteiger partial charge in [0.05, 0.1) is 0 Å². The molecule has 1 aromatic carbocycles. The number of nitrogens with one attached hydrogen (secondary N) is 2. The van der Waals surface area contributed by atoms with E-state index in [-0.39, 0.29) is 0 Å². The molecule has 1 aliphatic rings. The number of H-pyrrole nitrogens is 2. The Kier molecular flexibility index (Phi) is 2.42. The highest BCUT2D eigenvalue weighted by Gasteiger charge is 2.15. The molecule has 21 heavy (non-hydrogen) atoms. The molecule has 0 aliphatic heterocycles. The minimum atomic E-state index is -0.459. The van der Waals surface area contributed by atoms with E-state index in [1.165, 1.54) is 22.1 Å². The largest absolute Gasteiger partial charge is 0.332 e. The van der Waals surface area contributed by atoms with E-state index in [4.69, 9.17) is 0 Å². The second kappa shape index (κ2) is 4.18. The fourth-order valence-electron chi connectivity index (χ4n) is 2.96. The monoisotopic (exact) mass is 282 g/mol. The van der Waals surface area contributed by atoms with Gasteiger partial charge in [-0.25, -0.2) is 9.78 Å². The normalized spacial score (nSPS) is 13.8. The predicted molar refractivity (Wildman–Crippen MR) is 79.4 cm³/mol. The lowest BCUT2D eigenvalue weighted by atomic mass is 10.1. The minimum Gasteiger partial charge on any atom is -0.332 e. The highest BCUT2D eigenvalue weighted by atomic mass is 16.2. The molecule has 6 nitrogen and oxygen atoms in total. The minimum absolute atomic E-state index is 0.326. The number of aromatic amines is 2. The zero-order valence-corrected chi connectivity index (χ0v) is 11.6. The van der Waals surface area contributed by atoms with Crippen LogP contribution in [-0.4, -0.2) is 19.5 Å². The topological polar surface area (TPSA) is 83.5 Å². The summed E-state index contributed by atoms with van der Waals surface area (Å²) in [6.07, 6.45) is 3.40. The van der Waals surface area contributed by atoms with Gasteiger partial charge in [-0.05, 0) is 36.5 Å². The van der Waals surface area contributed by atoms with Gasteiger partial charge in [0.15, 0.2) is 5.65 Å². The fraction of sp³-hybridized carbons (Fsp3) is 0.267. The lowest BCUT2D eigenvalue weighted by Gasteiger charge is -2.01. The molecule has 0 saturated heterocycles. The molecule has 6 heteroatoms. The Morgan fingerprint density at radius 3 is 2.81 bits per heavy atom. The Morgan fingerprint density at radius 2 is 1.95 bits per heavy atom. The van der Waals surface area contributed by atoms with Crippen molar-refractivity contribution in [2.45, 2.75) is 19.3 Å². The number of fused-ring (bicyclic) bond motifs is 2. The van der Waals surface area contributed by atoms with Gasteiger partial charge in [0.25, 0.3) is 5.56 Å². The molecular formula is C15H14N4O2. The van der Waals surface area contributed by atoms with E-state index in [2.05, 4.69) is 27.1 Å². The molecule has 4 rings (SSSR count). The third-order valence-electron chi connectivity index (χ3n) is 4.13. The predicted octanol–water partition coefficient (Wildman–Crippen LogP) is 1.11. The summed E-state index contributed by atoms with van der Waals surface area (Å²) in [5.41, 5.74) is 3.48. The molecule has 0 spiro atoms. The third kappa shape index (κ3) is 1.75. The van der Waals surface area contributed by atoms with Crippen LogP contribution in [0.2, 0.25) is 0 Å². The Bertz CT molecular complexity index is 977. The second-order valence-electron chi connectivity index (χ2n) is 5.44. The van der Waals surface area contributed by atoms with Gasteiger partial charge in [0.1, 0.15) is 11.3 Å². The first-order valence-electron chi connectivity index (χ1n) is 6.95. The van der Waals surface area contributed by atoms with E-state index in [1.807, 2.05) is 6.07 Å². The maximum absolute atomic E-state index is 11.8. The molecule has 0 bridgehead atoms. The molecule has 3 aromatic rings. The number of hydrogen-bond acceptors (Lipinski definition) is 3. The molecule has 2 aromatic heterocycles. The van der Waals surface area contributed by atoms with Crippen molar-refractivity contribution in [3.8, 4) is 11.4 Å². The fourth-order valence-corrected chi connectivity index (χ4v) is 2.96. The van der Waals surface area contributed by atoms with Gasteiger partial charge in [-0.15, -0.1) is 0 Å². The van der Waals surface area contributed by atoms with E-state index in [1.54, 1.807) is 7.05 Å². The smallest absolute Gasteiger partial charge is 0.329 e. The zero-order chi connectivity index (χ0) is 14.6. The Morgan fingerprint density at radius 1 is 1.14 bits per heavy atom. The number of rotatable bonds is 1. The molecule has 106 valence electrons. The quantitative estimate of drug-likeness (QED) is 0.701. The molecule has 0 atom stereocenters. The van der Waals surface area contributed by atoms with Crippen molar-refractivity contribution in [1.82, 2.24) is 19.5 Å². The first-order valence-corrected chi connectivity index (χ1v) is 6.95. The molecule has 2 heterocycles. The highest BCUT2D eigenvalue weighted by molar-refractivity contribution is 5.75. The Hall–Kier alpha value is -2.63. The average Bonchev–Trinajstić information content (AvgIpc) is 3.10. The summed E-state index contributed by atoms with van der Waals surface area (Å²) in [5.74, 6) is 0.617. The van der Waals surface area contributed by atoms with Crippen LogP contribution in [0.1, 0.15) is 17.5 Å². The van der Waals surface area contributed by atoms with Gasteiger partial charge < -0.3 is 4.98 Å². The van der Waals surface area contributed by atoms with Crippen molar-refractivity contribution in [3.05, 3.63) is 50.2 Å². The van der Waals surface area contributed by atoms with Crippen LogP contribution in [-0.2, 0) is 19.9 Å². The van der Waals surface area contributed by atoms with Crippen LogP contribution < -0.4 is 11.2 Å². The van der Waals surface area contributed by atoms with Crippen LogP contribution in [0.15, 0.2) is 27.8 Å². The number of aromatic nitrogens is 4. The van der Waals surface area contributed by atoms with E-state index in [0.29, 0.717) is 17.0 Å². The molecule has 0 radical (unpaired) electrons. The lowest BCUT2D eigenvalue weighted by Crippen LogP contribution is -2.28. The van der Waals surface area contributed by atoms with Crippen molar-refractivity contribution in [1.29, 1.82) is 0 Å². The number of hydrogen-bond donors (Lipinski definition) is 2. The summed E-state index contributed by atoms with van der Waals surface area (Å²) in [7, 11) is 1.59. The van der Waals surface area contributed by atoms with Crippen molar-refractivity contribution >= 4 is 11.2 Å². The molecule has 2 N–H and O–H groups in total. The van der Waals surface area contributed by atoms with Crippen molar-refractivity contribution in [2.75, 3.05) is 0 Å². The van der Waals surface area contributed by atoms with Crippen LogP contribution in [0.3, 0.4) is 0 Å². The molecule has 0 saturated carbocycles. The van der Waals surface area contributed by atoms with Crippen LogP contribution >= 0.6 is 0 Å². The van der Waals surface area contributed by atoms with Gasteiger partial charge in [-0.3, -0.25) is 14.3 Å². The maximum Gasteiger partial charge on any atom is 0.329 e. The summed E-state index contributed by atoms with van der Waals surface area (Å²) in [6.45, 7) is 0. The highest BCUT2D eigenvalue weighted by Crippen LogP contribution is 2.27. The summed E-state index contributed by atoms with van der Waals surface area (Å²) in [4.78, 5) is 33.2. The molecule has 0 unspecified atom stereocenters. The summed E-state index contributed by atoms with van der Waals surface area (Å²) in [6, 6.07) is 6.24. The second-order valence-corrected chi connectivity index (χ2v) is 5.44. The molecule has 0 fully saturated rings. The van der Waals surface area contributed by atoms with Crippen molar-refractivity contribution < 1.29 is 0 Å². The summed E-state index contributed by atoms with van der Waals surface area (Å²) >= 11 is 0. The van der Waals surface area contributed by atoms with E-state index in [0.717, 1.165) is 18.4 Å². The van der Waals surface area contributed by atoms with Gasteiger partial charge in [0, 0.05) is 12.6 Å². The van der Waals surface area contributed by atoms with Gasteiger partial charge in [-0.2, -0.15) is 0 Å². The van der Waals surface area contributed by atoms with Crippen LogP contribution in [0, 0.1) is 0 Å². The third-order valence-corrected chi connectivity index (χ3v) is 4.13. The molecular weight excluding hydrogens is 268 g/mol. The van der Waals surface area contributed by atoms with Crippen LogP contribution in [0.25, 0.3) is 22.6 Å². The molecule has 0 amide bonds. The van der Waals surface area contributed by atoms with E-state index < -0.39 is 11.2 Å². The van der Waals surface area contributed by atoms with Crippen LogP contribution in [0.5, 0.6) is 0 Å². The standard InChI is InChI=1S/C15H14N4O2/c1-19-13-11(14(20)18-15(19)21)16-12(17-13)10-6-5-8-3-2-4-9(8)7-10/h5-7H,2-4H2,1H3,(H,16,17)(H,18,20,21). The average molecular weight is 282 g/mol. The van der Waals surface area contributed by atoms with E-state index in [9.17, 15) is 9.59 Å². The van der Waals surface area contributed by atoms with Crippen LogP contribution in [0.4, 0.5) is 0 Å². The van der Waals surface area contributed by atoms with Gasteiger partial charge in [-0.1, -0.05) is 12.1 Å². The lowest BCUT2D eigenvalue weighted by molar-refractivity contribution is 0.832. The van der Waals surface area contributed by atoms with Gasteiger partial charge >= 0.3 is 5.69 Å². The number of imidazole rings is 1. The number of nitrogens with zero attached hydrogens (tertiary/aromatic N) is 2. The number of benzene rings is 1. The number of aryl methyl sites for hydroxylation is 3. The summed E-state index contributed by atoms with van der Waals surface area (Å²) in [5, 5.41) is 0. The zero-order valence-electron chi connectivity index (χ0n) is 11.6. The van der Waals surface area contributed by atoms with Crippen molar-refractivity contribution in [3.63, 3.8) is 0 Å². The van der Waals surface area contributed by atoms with Gasteiger partial charge in [0.2, 0.25) is 0 Å². The summed E-state index contributed by atoms with van der Waals surface area (Å²) < 4.78 is 1.34. The van der Waals surface area contributed by atoms with E-state index >= 15 is 0 Å². The first kappa shape index (κ1) is 12.1. The maximum atomic E-state index is 11.8. The van der Waals surface area contributed by atoms with Crippen molar-refractivity contribution in [2.24, 2.45) is 7.05 Å². The Labute approximate surface area is 119 Å². The molecule has 1 aliphatic carbocycles. The Balaban J connectivity index is 1.96. The first-order chi connectivity index (χ1) is 10.1.